The summed E-state index contributed by atoms with van der Waals surface area (Å²) in [4.78, 5) is 93.4. The Hall–Kier alpha value is -7.47. The van der Waals surface area contributed by atoms with Crippen molar-refractivity contribution in [2.24, 2.45) is 5.41 Å². The molecule has 2 aliphatic rings. The zero-order valence-electron chi connectivity index (χ0n) is 45.0. The molecule has 0 aliphatic carbocycles. The standard InChI is InChI=1S/C55H74FN13O7/c1-9-40(35-19-15-14-16-20-35)63-51(73)43-28-37(31-68(43)54(75)48(55(4,5)6)65-50(72)33(2)59-7)62-46(71)22-18-13-11-10-12-17-21-45(70)60-25-26-69-44-32-67(8)53(74)38-24-23-36(56)27-39(38)34(3)76-52-49(58)61-30-42(64-52)47(44)41(29-57)66-69/h14-16,19-20,23-24,27,30,33-34,37,40,43,48,59H,9-13,17-18,21-22,25-26,28,31-32H2,1-8H3,(H2,58,61)(H,60,70)(H,62,71)(H,63,73)(H,65,72)/t33-,34+,37-,40+,43-,48+/m0/s1. The Balaban J connectivity index is 0.971. The fourth-order valence-electron chi connectivity index (χ4n) is 9.56. The Morgan fingerprint density at radius 2 is 1.67 bits per heavy atom. The lowest BCUT2D eigenvalue weighted by atomic mass is 9.85. The number of ether oxygens (including phenoxy) is 1. The molecule has 6 amide bonds. The van der Waals surface area contributed by atoms with Crippen molar-refractivity contribution < 1.29 is 37.9 Å². The predicted octanol–water partition coefficient (Wildman–Crippen LogP) is 5.39. The van der Waals surface area contributed by atoms with Crippen LogP contribution in [0.25, 0.3) is 11.3 Å². The first-order chi connectivity index (χ1) is 36.2. The number of nitrogens with zero attached hydrogens (tertiary/aromatic N) is 7. The SMILES string of the molecule is CC[C@@H](NC(=O)[C@@H]1C[C@H](NC(=O)CCCCCCCCC(=O)NCCn2nc(C#N)c3c2CN(C)C(=O)c2ccc(F)cc2[C@@H](C)Oc2nc-3cnc2N)CN1C(=O)[C@@H](NC(=O)[C@H](C)NC)C(C)(C)C)c1ccccc1. The van der Waals surface area contributed by atoms with Crippen LogP contribution in [0.3, 0.4) is 0 Å². The second-order valence-corrected chi connectivity index (χ2v) is 20.8. The summed E-state index contributed by atoms with van der Waals surface area (Å²) in [6.45, 7) is 11.4. The van der Waals surface area contributed by atoms with Crippen LogP contribution in [0.4, 0.5) is 10.2 Å². The molecule has 0 unspecified atom stereocenters. The third-order valence-electron chi connectivity index (χ3n) is 14.0. The lowest BCUT2D eigenvalue weighted by Gasteiger charge is -2.36. The molecule has 1 saturated heterocycles. The maximum atomic E-state index is 14.5. The quantitative estimate of drug-likeness (QED) is 0.0573. The number of nitrogens with one attached hydrogen (secondary N) is 5. The van der Waals surface area contributed by atoms with Crippen LogP contribution in [0.5, 0.6) is 5.88 Å². The minimum absolute atomic E-state index is 0.00920. The Kier molecular flexibility index (Phi) is 20.0. The van der Waals surface area contributed by atoms with Gasteiger partial charge in [-0.05, 0) is 75.8 Å². The van der Waals surface area contributed by atoms with Gasteiger partial charge >= 0.3 is 0 Å². The number of nitriles is 1. The number of likely N-dealkylation sites (tertiary alicyclic amines) is 1. The molecule has 0 saturated carbocycles. The second kappa shape index (κ2) is 26.3. The van der Waals surface area contributed by atoms with Crippen molar-refractivity contribution in [3.63, 3.8) is 0 Å². The highest BCUT2D eigenvalue weighted by Gasteiger charge is 2.46. The van der Waals surface area contributed by atoms with Gasteiger partial charge in [-0.15, -0.1) is 0 Å². The van der Waals surface area contributed by atoms with Gasteiger partial charge in [-0.3, -0.25) is 33.4 Å². The van der Waals surface area contributed by atoms with Crippen molar-refractivity contribution in [3.05, 3.63) is 88.6 Å². The monoisotopic (exact) mass is 1050 g/mol. The molecular formula is C55H74FN13O7. The highest BCUT2D eigenvalue weighted by molar-refractivity contribution is 5.96. The van der Waals surface area contributed by atoms with Gasteiger partial charge in [-0.2, -0.15) is 10.4 Å². The smallest absolute Gasteiger partial charge is 0.258 e. The number of carbonyl (C=O) groups is 6. The summed E-state index contributed by atoms with van der Waals surface area (Å²) in [6.07, 6.45) is 6.63. The molecule has 1 fully saturated rings. The minimum atomic E-state index is -0.925. The number of hydrogen-bond acceptors (Lipinski definition) is 13. The van der Waals surface area contributed by atoms with Crippen LogP contribution in [0.2, 0.25) is 0 Å². The molecule has 76 heavy (non-hydrogen) atoms. The number of unbranched alkanes of at least 4 members (excludes halogenated alkanes) is 5. The van der Waals surface area contributed by atoms with E-state index in [-0.39, 0.29) is 103 Å². The minimum Gasteiger partial charge on any atom is -0.467 e. The van der Waals surface area contributed by atoms with Crippen LogP contribution in [0, 0.1) is 22.6 Å². The molecule has 2 aromatic heterocycles. The van der Waals surface area contributed by atoms with Crippen LogP contribution in [-0.2, 0) is 37.1 Å². The number of hydrogen-bond donors (Lipinski definition) is 6. The Morgan fingerprint density at radius 3 is 2.33 bits per heavy atom. The van der Waals surface area contributed by atoms with E-state index in [0.29, 0.717) is 42.5 Å². The number of benzene rings is 2. The number of nitrogen functional groups attached to an aromatic ring is 1. The number of aromatic nitrogens is 4. The molecule has 2 bridgehead atoms. The topological polar surface area (TPSA) is 272 Å². The molecule has 0 spiro atoms. The molecule has 4 aromatic rings. The average Bonchev–Trinajstić information content (AvgIpc) is 3.99. The van der Waals surface area contributed by atoms with E-state index in [1.807, 2.05) is 58.0 Å². The highest BCUT2D eigenvalue weighted by atomic mass is 19.1. The van der Waals surface area contributed by atoms with E-state index in [2.05, 4.69) is 47.7 Å². The Bertz CT molecular complexity index is 2760. The van der Waals surface area contributed by atoms with Crippen LogP contribution >= 0.6 is 0 Å². The fraction of sp³-hybridized carbons (Fsp3) is 0.527. The number of fused-ring (bicyclic) bond motifs is 5. The summed E-state index contributed by atoms with van der Waals surface area (Å²) >= 11 is 0. The van der Waals surface area contributed by atoms with Gasteiger partial charge in [0, 0.05) is 50.1 Å². The number of anilines is 1. The lowest BCUT2D eigenvalue weighted by molar-refractivity contribution is -0.144. The van der Waals surface area contributed by atoms with Crippen molar-refractivity contribution in [3.8, 4) is 23.2 Å². The van der Waals surface area contributed by atoms with Gasteiger partial charge in [-0.25, -0.2) is 14.4 Å². The van der Waals surface area contributed by atoms with E-state index in [0.717, 1.165) is 31.2 Å². The Labute approximate surface area is 444 Å². The molecule has 0 radical (unpaired) electrons. The van der Waals surface area contributed by atoms with Gasteiger partial charge in [0.05, 0.1) is 48.3 Å². The second-order valence-electron chi connectivity index (χ2n) is 20.8. The van der Waals surface area contributed by atoms with Crippen molar-refractivity contribution >= 4 is 41.3 Å². The summed E-state index contributed by atoms with van der Waals surface area (Å²) in [7, 11) is 3.25. The molecule has 21 heteroatoms. The first kappa shape index (κ1) is 57.8. The molecule has 2 aliphatic heterocycles. The normalized spacial score (nSPS) is 17.6. The average molecular weight is 1050 g/mol. The molecule has 408 valence electrons. The van der Waals surface area contributed by atoms with Crippen LogP contribution in [-0.4, -0.2) is 116 Å². The van der Waals surface area contributed by atoms with Gasteiger partial charge in [0.15, 0.2) is 11.5 Å². The number of nitrogens with two attached hydrogens (primary N) is 1. The summed E-state index contributed by atoms with van der Waals surface area (Å²) in [6, 6.07) is 12.5. The van der Waals surface area contributed by atoms with Crippen molar-refractivity contribution in [1.29, 1.82) is 5.26 Å². The summed E-state index contributed by atoms with van der Waals surface area (Å²) < 4.78 is 22.0. The van der Waals surface area contributed by atoms with Crippen LogP contribution in [0.1, 0.15) is 151 Å². The van der Waals surface area contributed by atoms with Crippen molar-refractivity contribution in [1.82, 2.24) is 56.1 Å². The third kappa shape index (κ3) is 14.7. The lowest BCUT2D eigenvalue weighted by Crippen LogP contribution is -2.59. The zero-order chi connectivity index (χ0) is 55.3. The van der Waals surface area contributed by atoms with Crippen molar-refractivity contribution in [2.75, 3.05) is 32.9 Å². The Morgan fingerprint density at radius 1 is 0.987 bits per heavy atom. The summed E-state index contributed by atoms with van der Waals surface area (Å²) in [5.74, 6) is -2.42. The van der Waals surface area contributed by atoms with Gasteiger partial charge < -0.3 is 46.9 Å². The van der Waals surface area contributed by atoms with Crippen molar-refractivity contribution in [2.45, 2.75) is 155 Å². The molecule has 7 N–H and O–H groups in total. The summed E-state index contributed by atoms with van der Waals surface area (Å²) in [5, 5.41) is 29.7. The largest absolute Gasteiger partial charge is 0.467 e. The number of carbonyl (C=O) groups excluding carboxylic acids is 6. The molecule has 6 atom stereocenters. The van der Waals surface area contributed by atoms with Gasteiger partial charge in [0.25, 0.3) is 11.8 Å². The molecule has 4 heterocycles. The molecule has 6 rings (SSSR count). The van der Waals surface area contributed by atoms with E-state index >= 15 is 0 Å². The highest BCUT2D eigenvalue weighted by Crippen LogP contribution is 2.34. The van der Waals surface area contributed by atoms with Crippen LogP contribution < -0.4 is 37.1 Å². The first-order valence-corrected chi connectivity index (χ1v) is 26.3. The van der Waals surface area contributed by atoms with Gasteiger partial charge in [0.1, 0.15) is 30.1 Å². The predicted molar refractivity (Wildman–Crippen MR) is 283 cm³/mol. The van der Waals surface area contributed by atoms with E-state index in [1.54, 1.807) is 32.6 Å². The van der Waals surface area contributed by atoms with Crippen LogP contribution in [0.15, 0.2) is 54.7 Å². The fourth-order valence-corrected chi connectivity index (χ4v) is 9.56. The molecule has 2 aromatic carbocycles. The molecular weight excluding hydrogens is 974 g/mol. The van der Waals surface area contributed by atoms with E-state index in [1.165, 1.54) is 34.2 Å². The number of rotatable bonds is 21. The van der Waals surface area contributed by atoms with Gasteiger partial charge in [-0.1, -0.05) is 83.7 Å². The number of likely N-dealkylation sites (N-methyl/N-ethyl adjacent to an activating group) is 1. The molecule has 20 nitrogen and oxygen atoms in total. The third-order valence-corrected chi connectivity index (χ3v) is 14.0. The van der Waals surface area contributed by atoms with E-state index in [9.17, 15) is 38.4 Å². The number of halogens is 1. The summed E-state index contributed by atoms with van der Waals surface area (Å²) in [5.41, 5.74) is 7.96. The first-order valence-electron chi connectivity index (χ1n) is 26.3. The van der Waals surface area contributed by atoms with E-state index in [4.69, 9.17) is 10.5 Å². The van der Waals surface area contributed by atoms with E-state index < -0.39 is 47.4 Å². The maximum absolute atomic E-state index is 14.5. The maximum Gasteiger partial charge on any atom is 0.258 e. The van der Waals surface area contributed by atoms with Gasteiger partial charge in [0.2, 0.25) is 29.5 Å². The number of amides is 6. The zero-order valence-corrected chi connectivity index (χ0v) is 45.0.